The minimum Gasteiger partial charge on any atom is -0.513 e. The van der Waals surface area contributed by atoms with E-state index in [9.17, 15) is 15.0 Å². The number of nitrogens with zero attached hydrogens (tertiary/aromatic N) is 2. The molecule has 1 heterocycles. The fraction of sp³-hybridized carbons (Fsp3) is 0.344. The molecule has 198 valence electrons. The highest BCUT2D eigenvalue weighted by Gasteiger charge is 2.46. The number of hydrogen-bond acceptors (Lipinski definition) is 4. The van der Waals surface area contributed by atoms with Gasteiger partial charge in [0.15, 0.2) is 0 Å². The number of hydrogen-bond donors (Lipinski definition) is 3. The van der Waals surface area contributed by atoms with Crippen molar-refractivity contribution in [2.75, 3.05) is 6.54 Å². The minimum absolute atomic E-state index is 0.0164. The molecule has 2 amide bonds. The fourth-order valence-electron chi connectivity index (χ4n) is 5.54. The van der Waals surface area contributed by atoms with Crippen LogP contribution in [0.3, 0.4) is 0 Å². The summed E-state index contributed by atoms with van der Waals surface area (Å²) in [5, 5.41) is 21.3. The molecule has 6 heteroatoms. The molecule has 0 bridgehead atoms. The van der Waals surface area contributed by atoms with Crippen molar-refractivity contribution >= 4 is 11.7 Å². The summed E-state index contributed by atoms with van der Waals surface area (Å²) in [6.45, 7) is 1.04. The third-order valence-electron chi connectivity index (χ3n) is 7.84. The van der Waals surface area contributed by atoms with Gasteiger partial charge < -0.3 is 25.7 Å². The third-order valence-corrected chi connectivity index (χ3v) is 7.84. The van der Waals surface area contributed by atoms with Crippen LogP contribution in [-0.2, 0) is 19.4 Å². The summed E-state index contributed by atoms with van der Waals surface area (Å²) in [6.07, 6.45) is 4.56. The van der Waals surface area contributed by atoms with Crippen LogP contribution in [0.5, 0.6) is 0 Å². The van der Waals surface area contributed by atoms with Crippen molar-refractivity contribution < 1.29 is 15.0 Å². The maximum Gasteiger partial charge on any atom is 0.321 e. The van der Waals surface area contributed by atoms with Crippen LogP contribution in [0.25, 0.3) is 5.70 Å². The van der Waals surface area contributed by atoms with E-state index >= 15 is 0 Å². The lowest BCUT2D eigenvalue weighted by atomic mass is 9.88. The van der Waals surface area contributed by atoms with Gasteiger partial charge >= 0.3 is 6.03 Å². The highest BCUT2D eigenvalue weighted by molar-refractivity contribution is 5.77. The number of aryl methyl sites for hydroxylation is 1. The zero-order valence-corrected chi connectivity index (χ0v) is 21.7. The van der Waals surface area contributed by atoms with E-state index in [4.69, 9.17) is 5.73 Å². The Morgan fingerprint density at radius 3 is 2.18 bits per heavy atom. The van der Waals surface area contributed by atoms with Crippen LogP contribution in [0.4, 0.5) is 4.79 Å². The highest BCUT2D eigenvalue weighted by Crippen LogP contribution is 2.35. The normalized spacial score (nSPS) is 22.1. The van der Waals surface area contributed by atoms with Crippen LogP contribution < -0.4 is 5.73 Å². The van der Waals surface area contributed by atoms with Crippen molar-refractivity contribution in [3.63, 3.8) is 0 Å². The average Bonchev–Trinajstić information content (AvgIpc) is 3.78. The van der Waals surface area contributed by atoms with Gasteiger partial charge in [0.25, 0.3) is 0 Å². The van der Waals surface area contributed by atoms with Crippen molar-refractivity contribution in [3.8, 4) is 0 Å². The van der Waals surface area contributed by atoms with Crippen molar-refractivity contribution in [2.24, 2.45) is 11.7 Å². The molecule has 1 aliphatic carbocycles. The average molecular weight is 512 g/mol. The quantitative estimate of drug-likeness (QED) is 0.330. The maximum atomic E-state index is 14.2. The van der Waals surface area contributed by atoms with E-state index < -0.39 is 6.10 Å². The molecular formula is C32H37N3O3. The molecule has 5 rings (SSSR count). The van der Waals surface area contributed by atoms with E-state index in [1.807, 2.05) is 70.5 Å². The Morgan fingerprint density at radius 2 is 1.53 bits per heavy atom. The van der Waals surface area contributed by atoms with Crippen molar-refractivity contribution in [3.05, 3.63) is 113 Å². The molecule has 38 heavy (non-hydrogen) atoms. The zero-order chi connectivity index (χ0) is 26.5. The molecule has 2 aliphatic rings. The Kier molecular flexibility index (Phi) is 7.99. The van der Waals surface area contributed by atoms with Gasteiger partial charge in [-0.25, -0.2) is 4.79 Å². The van der Waals surface area contributed by atoms with Gasteiger partial charge in [-0.1, -0.05) is 78.9 Å². The highest BCUT2D eigenvalue weighted by atomic mass is 16.3. The lowest BCUT2D eigenvalue weighted by Crippen LogP contribution is -2.66. The molecule has 0 radical (unpaired) electrons. The SMILES string of the molecule is N/C(=C\O)c1cccc(CN2C(=O)N(CC3CC3)[C@H](CCc3ccccc3)[C@@H](O)[C@H]2Cc2ccccc2)c1. The Hall–Kier alpha value is -3.77. The van der Waals surface area contributed by atoms with Gasteiger partial charge in [-0.2, -0.15) is 0 Å². The summed E-state index contributed by atoms with van der Waals surface area (Å²) in [7, 11) is 0. The second-order valence-corrected chi connectivity index (χ2v) is 10.6. The summed E-state index contributed by atoms with van der Waals surface area (Å²) in [5.74, 6) is 0.510. The number of nitrogens with two attached hydrogens (primary N) is 1. The van der Waals surface area contributed by atoms with Crippen LogP contribution in [-0.4, -0.2) is 50.8 Å². The fourth-order valence-corrected chi connectivity index (χ4v) is 5.54. The number of urea groups is 1. The minimum atomic E-state index is -0.694. The Balaban J connectivity index is 1.46. The van der Waals surface area contributed by atoms with Crippen LogP contribution in [0.1, 0.15) is 41.5 Å². The number of benzene rings is 3. The van der Waals surface area contributed by atoms with E-state index in [-0.39, 0.29) is 23.8 Å². The monoisotopic (exact) mass is 511 g/mol. The van der Waals surface area contributed by atoms with Crippen LogP contribution in [0, 0.1) is 5.92 Å². The smallest absolute Gasteiger partial charge is 0.321 e. The van der Waals surface area contributed by atoms with Crippen LogP contribution in [0.2, 0.25) is 0 Å². The summed E-state index contributed by atoms with van der Waals surface area (Å²) in [5.41, 5.74) is 10.1. The van der Waals surface area contributed by atoms with Gasteiger partial charge in [-0.05, 0) is 60.8 Å². The van der Waals surface area contributed by atoms with E-state index in [0.29, 0.717) is 31.0 Å². The van der Waals surface area contributed by atoms with E-state index in [1.165, 1.54) is 5.56 Å². The second kappa shape index (κ2) is 11.7. The van der Waals surface area contributed by atoms with Gasteiger partial charge in [-0.3, -0.25) is 0 Å². The molecule has 0 spiro atoms. The molecule has 6 nitrogen and oxygen atoms in total. The Bertz CT molecular complexity index is 1240. The molecule has 3 atom stereocenters. The van der Waals surface area contributed by atoms with Crippen molar-refractivity contribution in [1.29, 1.82) is 0 Å². The predicted molar refractivity (Wildman–Crippen MR) is 150 cm³/mol. The molecule has 0 aromatic heterocycles. The topological polar surface area (TPSA) is 90.0 Å². The summed E-state index contributed by atoms with van der Waals surface area (Å²) in [6, 6.07) is 27.3. The molecule has 4 N–H and O–H groups in total. The molecule has 1 aliphatic heterocycles. The third kappa shape index (κ3) is 6.03. The van der Waals surface area contributed by atoms with Crippen molar-refractivity contribution in [1.82, 2.24) is 9.80 Å². The maximum absolute atomic E-state index is 14.2. The molecule has 2 fully saturated rings. The lowest BCUT2D eigenvalue weighted by Gasteiger charge is -2.50. The molecule has 0 unspecified atom stereocenters. The number of rotatable bonds is 10. The standard InChI is InChI=1S/C32H37N3O3/c33-28(22-36)27-13-7-12-26(18-27)21-35-30(19-24-10-5-2-6-11-24)31(37)29(17-16-23-8-3-1-4-9-23)34(32(35)38)20-25-14-15-25/h1-13,18,22,25,29-31,36-37H,14-17,19-21,33H2/b28-22-/t29-,30-,31-/m1/s1. The van der Waals surface area contributed by atoms with Gasteiger partial charge in [0, 0.05) is 18.7 Å². The number of aliphatic hydroxyl groups excluding tert-OH is 2. The van der Waals surface area contributed by atoms with Gasteiger partial charge in [0.1, 0.15) is 6.26 Å². The van der Waals surface area contributed by atoms with E-state index in [0.717, 1.165) is 43.1 Å². The van der Waals surface area contributed by atoms with Crippen LogP contribution in [0.15, 0.2) is 91.2 Å². The number of carbonyl (C=O) groups is 1. The Morgan fingerprint density at radius 1 is 0.868 bits per heavy atom. The molecular weight excluding hydrogens is 474 g/mol. The first-order valence-electron chi connectivity index (χ1n) is 13.6. The summed E-state index contributed by atoms with van der Waals surface area (Å²) in [4.78, 5) is 18.0. The van der Waals surface area contributed by atoms with Gasteiger partial charge in [0.2, 0.25) is 0 Å². The number of aliphatic hydroxyl groups is 2. The van der Waals surface area contributed by atoms with Crippen molar-refractivity contribution in [2.45, 2.75) is 56.8 Å². The predicted octanol–water partition coefficient (Wildman–Crippen LogP) is 5.12. The first kappa shape index (κ1) is 25.9. The zero-order valence-electron chi connectivity index (χ0n) is 21.7. The van der Waals surface area contributed by atoms with Crippen LogP contribution >= 0.6 is 0 Å². The van der Waals surface area contributed by atoms with Gasteiger partial charge in [-0.15, -0.1) is 0 Å². The molecule has 3 aromatic rings. The lowest BCUT2D eigenvalue weighted by molar-refractivity contribution is -0.0438. The Labute approximate surface area is 225 Å². The molecule has 1 saturated carbocycles. The van der Waals surface area contributed by atoms with E-state index in [1.54, 1.807) is 0 Å². The molecule has 1 saturated heterocycles. The molecule has 3 aromatic carbocycles. The summed E-state index contributed by atoms with van der Waals surface area (Å²) >= 11 is 0. The second-order valence-electron chi connectivity index (χ2n) is 10.6. The largest absolute Gasteiger partial charge is 0.513 e. The first-order chi connectivity index (χ1) is 18.5. The van der Waals surface area contributed by atoms with E-state index in [2.05, 4.69) is 24.3 Å². The van der Waals surface area contributed by atoms with Gasteiger partial charge in [0.05, 0.1) is 23.9 Å². The first-order valence-corrected chi connectivity index (χ1v) is 13.6. The number of carbonyl (C=O) groups excluding carboxylic acids is 1. The summed E-state index contributed by atoms with van der Waals surface area (Å²) < 4.78 is 0. The number of amides is 2.